The fourth-order valence-corrected chi connectivity index (χ4v) is 8.34. The standard InChI is InChI=1S/C29H32N2O3S2/c1-2-3-10-34-24-9-8-21-6-4-5-7-22(21)23(24)14-25-26(32)31(28(35)36-25)30-27(33)29-15-18-11-19(16-29)13-20(12-18)17-29/h4-9,14,18-20H,2-3,10-13,15-17H2,1H3,(H,30,33)/b25-14-. The van der Waals surface area contributed by atoms with Crippen molar-refractivity contribution < 1.29 is 14.3 Å². The Kier molecular flexibility index (Phi) is 6.32. The second-order valence-corrected chi connectivity index (χ2v) is 12.7. The van der Waals surface area contributed by atoms with E-state index < -0.39 is 0 Å². The summed E-state index contributed by atoms with van der Waals surface area (Å²) in [6, 6.07) is 12.1. The molecule has 0 aromatic heterocycles. The first-order valence-corrected chi connectivity index (χ1v) is 14.4. The molecule has 5 fully saturated rings. The summed E-state index contributed by atoms with van der Waals surface area (Å²) in [5.74, 6) is 2.44. The van der Waals surface area contributed by atoms with E-state index in [4.69, 9.17) is 17.0 Å². The molecule has 2 aromatic carbocycles. The van der Waals surface area contributed by atoms with Gasteiger partial charge in [0.15, 0.2) is 4.32 Å². The molecule has 1 saturated heterocycles. The van der Waals surface area contributed by atoms with Crippen LogP contribution in [0.5, 0.6) is 5.75 Å². The van der Waals surface area contributed by atoms with Gasteiger partial charge in [0.05, 0.1) is 16.9 Å². The molecule has 1 aliphatic heterocycles. The van der Waals surface area contributed by atoms with Crippen LogP contribution in [0.25, 0.3) is 16.8 Å². The van der Waals surface area contributed by atoms with Gasteiger partial charge in [-0.25, -0.2) is 0 Å². The fraction of sp³-hybridized carbons (Fsp3) is 0.483. The minimum atomic E-state index is -0.336. The van der Waals surface area contributed by atoms with Crippen molar-refractivity contribution in [1.82, 2.24) is 10.4 Å². The number of unbranched alkanes of at least 4 members (excludes halogenated alkanes) is 1. The van der Waals surface area contributed by atoms with Gasteiger partial charge in [-0.3, -0.25) is 15.0 Å². The molecule has 0 spiro atoms. The summed E-state index contributed by atoms with van der Waals surface area (Å²) in [6.45, 7) is 2.76. The molecule has 5 aliphatic rings. The second-order valence-electron chi connectivity index (χ2n) is 11.1. The van der Waals surface area contributed by atoms with Crippen molar-refractivity contribution in [3.63, 3.8) is 0 Å². The SMILES string of the molecule is CCCCOc1ccc2ccccc2c1/C=C1\SC(=S)N(NC(=O)C23CC4CC(CC(C4)C2)C3)C1=O. The molecule has 0 atom stereocenters. The van der Waals surface area contributed by atoms with E-state index in [2.05, 4.69) is 18.4 Å². The Balaban J connectivity index is 1.26. The number of ether oxygens (including phenoxy) is 1. The van der Waals surface area contributed by atoms with E-state index in [-0.39, 0.29) is 17.2 Å². The van der Waals surface area contributed by atoms with Gasteiger partial charge in [0, 0.05) is 5.56 Å². The summed E-state index contributed by atoms with van der Waals surface area (Å²) < 4.78 is 6.48. The molecule has 7 rings (SSSR count). The van der Waals surface area contributed by atoms with Crippen LogP contribution in [0.2, 0.25) is 0 Å². The van der Waals surface area contributed by atoms with Crippen molar-refractivity contribution in [2.45, 2.75) is 58.3 Å². The summed E-state index contributed by atoms with van der Waals surface area (Å²) in [6.07, 6.45) is 10.5. The largest absolute Gasteiger partial charge is 0.493 e. The van der Waals surface area contributed by atoms with E-state index >= 15 is 0 Å². The predicted octanol–water partition coefficient (Wildman–Crippen LogP) is 6.47. The first-order valence-electron chi connectivity index (χ1n) is 13.2. The zero-order chi connectivity index (χ0) is 24.9. The highest BCUT2D eigenvalue weighted by molar-refractivity contribution is 8.26. The maximum atomic E-state index is 13.6. The summed E-state index contributed by atoms with van der Waals surface area (Å²) in [4.78, 5) is 27.6. The van der Waals surface area contributed by atoms with Crippen LogP contribution >= 0.6 is 24.0 Å². The second kappa shape index (κ2) is 9.49. The number of thiocarbonyl (C=S) groups is 1. The molecule has 4 saturated carbocycles. The topological polar surface area (TPSA) is 58.6 Å². The number of thioether (sulfide) groups is 1. The maximum Gasteiger partial charge on any atom is 0.285 e. The third kappa shape index (κ3) is 4.24. The molecule has 4 aliphatic carbocycles. The highest BCUT2D eigenvalue weighted by Gasteiger charge is 2.55. The Hall–Kier alpha value is -2.38. The van der Waals surface area contributed by atoms with Crippen LogP contribution in [0.1, 0.15) is 63.9 Å². The summed E-state index contributed by atoms with van der Waals surface area (Å²) >= 11 is 6.81. The predicted molar refractivity (Wildman–Crippen MR) is 148 cm³/mol. The van der Waals surface area contributed by atoms with Crippen LogP contribution in [0.3, 0.4) is 0 Å². The normalized spacial score (nSPS) is 30.0. The summed E-state index contributed by atoms with van der Waals surface area (Å²) in [5, 5.41) is 3.40. The number of carbonyl (C=O) groups excluding carboxylic acids is 2. The number of carbonyl (C=O) groups is 2. The van der Waals surface area contributed by atoms with Gasteiger partial charge >= 0.3 is 0 Å². The number of benzene rings is 2. The van der Waals surface area contributed by atoms with Crippen molar-refractivity contribution in [3.05, 3.63) is 46.9 Å². The van der Waals surface area contributed by atoms with Gasteiger partial charge in [-0.05, 0) is 97.8 Å². The molecule has 4 bridgehead atoms. The van der Waals surface area contributed by atoms with Crippen molar-refractivity contribution in [3.8, 4) is 5.75 Å². The van der Waals surface area contributed by atoms with Gasteiger partial charge in [-0.15, -0.1) is 0 Å². The molecule has 2 aromatic rings. The third-order valence-electron chi connectivity index (χ3n) is 8.49. The number of nitrogens with one attached hydrogen (secondary N) is 1. The lowest BCUT2D eigenvalue weighted by Gasteiger charge is -2.55. The number of hydrogen-bond donors (Lipinski definition) is 1. The van der Waals surface area contributed by atoms with E-state index in [1.165, 1.54) is 36.0 Å². The molecule has 36 heavy (non-hydrogen) atoms. The maximum absolute atomic E-state index is 13.6. The Bertz CT molecular complexity index is 1240. The highest BCUT2D eigenvalue weighted by atomic mass is 32.2. The van der Waals surface area contributed by atoms with Gasteiger partial charge in [-0.2, -0.15) is 5.01 Å². The molecule has 7 heteroatoms. The Morgan fingerprint density at radius 1 is 1.14 bits per heavy atom. The molecule has 2 amide bonds. The van der Waals surface area contributed by atoms with Gasteiger partial charge in [-0.1, -0.05) is 55.4 Å². The molecule has 188 valence electrons. The molecule has 5 nitrogen and oxygen atoms in total. The van der Waals surface area contributed by atoms with Crippen LogP contribution < -0.4 is 10.2 Å². The first kappa shape index (κ1) is 24.0. The lowest BCUT2D eigenvalue weighted by Crippen LogP contribution is -2.57. The van der Waals surface area contributed by atoms with Crippen LogP contribution in [0.4, 0.5) is 0 Å². The van der Waals surface area contributed by atoms with Crippen molar-refractivity contribution in [2.24, 2.45) is 23.2 Å². The quantitative estimate of drug-likeness (QED) is 0.258. The number of rotatable bonds is 7. The van der Waals surface area contributed by atoms with E-state index in [1.807, 2.05) is 36.4 Å². The molecular weight excluding hydrogens is 488 g/mol. The van der Waals surface area contributed by atoms with E-state index in [0.29, 0.717) is 33.6 Å². The first-order chi connectivity index (χ1) is 17.5. The zero-order valence-corrected chi connectivity index (χ0v) is 22.3. The van der Waals surface area contributed by atoms with Gasteiger partial charge in [0.1, 0.15) is 5.75 Å². The van der Waals surface area contributed by atoms with Gasteiger partial charge in [0.25, 0.3) is 5.91 Å². The fourth-order valence-electron chi connectivity index (χ4n) is 7.18. The van der Waals surface area contributed by atoms with E-state index in [0.717, 1.165) is 54.2 Å². The molecule has 1 N–H and O–H groups in total. The monoisotopic (exact) mass is 520 g/mol. The number of fused-ring (bicyclic) bond motifs is 1. The number of amides is 2. The van der Waals surface area contributed by atoms with Crippen molar-refractivity contribution >= 4 is 57.0 Å². The Morgan fingerprint density at radius 2 is 1.83 bits per heavy atom. The molecule has 0 unspecified atom stereocenters. The smallest absolute Gasteiger partial charge is 0.285 e. The minimum Gasteiger partial charge on any atom is -0.493 e. The lowest BCUT2D eigenvalue weighted by molar-refractivity contribution is -0.152. The summed E-state index contributed by atoms with van der Waals surface area (Å²) in [7, 11) is 0. The minimum absolute atomic E-state index is 0.0205. The Morgan fingerprint density at radius 3 is 2.53 bits per heavy atom. The average Bonchev–Trinajstić information content (AvgIpc) is 3.12. The van der Waals surface area contributed by atoms with Crippen LogP contribution in [0, 0.1) is 23.2 Å². The van der Waals surface area contributed by atoms with E-state index in [9.17, 15) is 9.59 Å². The lowest BCUT2D eigenvalue weighted by atomic mass is 9.49. The summed E-state index contributed by atoms with van der Waals surface area (Å²) in [5.41, 5.74) is 3.49. The van der Waals surface area contributed by atoms with Gasteiger partial charge < -0.3 is 4.74 Å². The van der Waals surface area contributed by atoms with Gasteiger partial charge in [0.2, 0.25) is 5.91 Å². The molecule has 0 radical (unpaired) electrons. The van der Waals surface area contributed by atoms with Crippen molar-refractivity contribution in [2.75, 3.05) is 6.61 Å². The van der Waals surface area contributed by atoms with Crippen LogP contribution in [-0.2, 0) is 9.59 Å². The number of hydrogen-bond acceptors (Lipinski definition) is 5. The zero-order valence-electron chi connectivity index (χ0n) is 20.6. The Labute approximate surface area is 222 Å². The number of nitrogens with zero attached hydrogens (tertiary/aromatic N) is 1. The van der Waals surface area contributed by atoms with E-state index in [1.54, 1.807) is 0 Å². The van der Waals surface area contributed by atoms with Crippen LogP contribution in [0.15, 0.2) is 41.3 Å². The molecular formula is C29H32N2O3S2. The average molecular weight is 521 g/mol. The van der Waals surface area contributed by atoms with Crippen LogP contribution in [-0.4, -0.2) is 27.8 Å². The highest BCUT2D eigenvalue weighted by Crippen LogP contribution is 2.60. The third-order valence-corrected chi connectivity index (χ3v) is 9.79. The van der Waals surface area contributed by atoms with Crippen molar-refractivity contribution in [1.29, 1.82) is 0 Å². The molecule has 1 heterocycles. The number of hydrazine groups is 1.